The van der Waals surface area contributed by atoms with Crippen molar-refractivity contribution < 1.29 is 9.68 Å². The highest BCUT2D eigenvalue weighted by molar-refractivity contribution is 4.36. The summed E-state index contributed by atoms with van der Waals surface area (Å²) in [5, 5.41) is 6.77. The fourth-order valence-electron chi connectivity index (χ4n) is 0.412. The average Bonchev–Trinajstić information content (AvgIpc) is 1.95. The van der Waals surface area contributed by atoms with E-state index in [0.29, 0.717) is 25.0 Å². The van der Waals surface area contributed by atoms with E-state index in [1.54, 1.807) is 0 Å². The molecule has 4 nitrogen and oxygen atoms in total. The molecule has 0 aliphatic carbocycles. The minimum absolute atomic E-state index is 0.467. The van der Waals surface area contributed by atoms with Gasteiger partial charge < -0.3 is 9.68 Å². The first-order chi connectivity index (χ1) is 5.63. The van der Waals surface area contributed by atoms with Gasteiger partial charge in [0.05, 0.1) is 10.6 Å². The van der Waals surface area contributed by atoms with Crippen molar-refractivity contribution in [1.29, 1.82) is 0 Å². The van der Waals surface area contributed by atoms with Gasteiger partial charge in [-0.1, -0.05) is 27.7 Å². The fourth-order valence-corrected chi connectivity index (χ4v) is 0.412. The molecule has 4 heteroatoms. The van der Waals surface area contributed by atoms with Crippen LogP contribution in [0.4, 0.5) is 0 Å². The number of nitrogens with zero attached hydrogens (tertiary/aromatic N) is 2. The van der Waals surface area contributed by atoms with Crippen LogP contribution < -0.4 is 0 Å². The Morgan fingerprint density at radius 2 is 1.17 bits per heavy atom. The second-order valence-corrected chi connectivity index (χ2v) is 3.54. The van der Waals surface area contributed by atoms with Crippen LogP contribution in [-0.2, 0) is 9.68 Å². The first kappa shape index (κ1) is 11.2. The molecule has 0 aliphatic rings. The maximum atomic E-state index is 4.81. The van der Waals surface area contributed by atoms with E-state index in [4.69, 9.17) is 9.68 Å². The van der Waals surface area contributed by atoms with E-state index in [9.17, 15) is 0 Å². The molecule has 12 heavy (non-hydrogen) atoms. The number of hydrogen-bond acceptors (Lipinski definition) is 4. The van der Waals surface area contributed by atoms with Crippen LogP contribution in [0.5, 0.6) is 0 Å². The van der Waals surface area contributed by atoms with Crippen molar-refractivity contribution in [2.75, 3.05) is 13.2 Å². The van der Waals surface area contributed by atoms with E-state index in [1.807, 2.05) is 27.7 Å². The second-order valence-electron chi connectivity index (χ2n) is 3.54. The standard InChI is InChI=1S/C8H18N2O2/c1-7(2)5-11-9-10-12-6-8(3)4/h7-8H,5-6H2,1-4H3/b10-9+. The highest BCUT2D eigenvalue weighted by atomic mass is 16.7. The fraction of sp³-hybridized carbons (Fsp3) is 1.00. The van der Waals surface area contributed by atoms with Crippen molar-refractivity contribution in [1.82, 2.24) is 0 Å². The summed E-state index contributed by atoms with van der Waals surface area (Å²) in [6, 6.07) is 0. The first-order valence-corrected chi connectivity index (χ1v) is 4.27. The monoisotopic (exact) mass is 174 g/mol. The van der Waals surface area contributed by atoms with Crippen LogP contribution in [0.1, 0.15) is 27.7 Å². The lowest BCUT2D eigenvalue weighted by Crippen LogP contribution is -1.98. The van der Waals surface area contributed by atoms with Crippen molar-refractivity contribution in [3.8, 4) is 0 Å². The summed E-state index contributed by atoms with van der Waals surface area (Å²) < 4.78 is 0. The SMILES string of the molecule is CC(C)CO/N=N/OCC(C)C. The van der Waals surface area contributed by atoms with Crippen molar-refractivity contribution in [2.45, 2.75) is 27.7 Å². The van der Waals surface area contributed by atoms with E-state index in [-0.39, 0.29) is 0 Å². The lowest BCUT2D eigenvalue weighted by Gasteiger charge is -2.01. The van der Waals surface area contributed by atoms with Crippen LogP contribution in [0.25, 0.3) is 0 Å². The van der Waals surface area contributed by atoms with Crippen LogP contribution >= 0.6 is 0 Å². The Morgan fingerprint density at radius 1 is 0.833 bits per heavy atom. The van der Waals surface area contributed by atoms with Gasteiger partial charge in [-0.2, -0.15) is 0 Å². The molecule has 0 spiro atoms. The second kappa shape index (κ2) is 6.88. The van der Waals surface area contributed by atoms with Gasteiger partial charge in [-0.05, 0) is 11.8 Å². The molecule has 0 aliphatic heterocycles. The molecule has 0 amide bonds. The van der Waals surface area contributed by atoms with Crippen LogP contribution in [0, 0.1) is 11.8 Å². The third-order valence-corrected chi connectivity index (χ3v) is 0.965. The molecule has 0 aromatic rings. The average molecular weight is 174 g/mol. The smallest absolute Gasteiger partial charge is 0.121 e. The molecule has 72 valence electrons. The Morgan fingerprint density at radius 3 is 1.42 bits per heavy atom. The lowest BCUT2D eigenvalue weighted by atomic mass is 10.2. The van der Waals surface area contributed by atoms with Gasteiger partial charge in [0.25, 0.3) is 0 Å². The predicted molar refractivity (Wildman–Crippen MR) is 46.4 cm³/mol. The maximum Gasteiger partial charge on any atom is 0.121 e. The third-order valence-electron chi connectivity index (χ3n) is 0.965. The van der Waals surface area contributed by atoms with E-state index in [1.165, 1.54) is 0 Å². The summed E-state index contributed by atoms with van der Waals surface area (Å²) >= 11 is 0. The quantitative estimate of drug-likeness (QED) is 0.459. The molecule has 0 radical (unpaired) electrons. The molecule has 0 rings (SSSR count). The molecular weight excluding hydrogens is 156 g/mol. The lowest BCUT2D eigenvalue weighted by molar-refractivity contribution is 0.0227. The van der Waals surface area contributed by atoms with Gasteiger partial charge in [0.2, 0.25) is 0 Å². The summed E-state index contributed by atoms with van der Waals surface area (Å²) in [4.78, 5) is 9.62. The molecule has 0 heterocycles. The van der Waals surface area contributed by atoms with Crippen molar-refractivity contribution in [2.24, 2.45) is 22.4 Å². The first-order valence-electron chi connectivity index (χ1n) is 4.27. The van der Waals surface area contributed by atoms with Crippen molar-refractivity contribution in [3.63, 3.8) is 0 Å². The van der Waals surface area contributed by atoms with Crippen molar-refractivity contribution >= 4 is 0 Å². The Labute approximate surface area is 73.9 Å². The minimum atomic E-state index is 0.467. The molecule has 0 bridgehead atoms. The van der Waals surface area contributed by atoms with E-state index in [0.717, 1.165) is 0 Å². The predicted octanol–water partition coefficient (Wildman–Crippen LogP) is 2.61. The van der Waals surface area contributed by atoms with Crippen LogP contribution in [0.3, 0.4) is 0 Å². The highest BCUT2D eigenvalue weighted by Gasteiger charge is 1.93. The van der Waals surface area contributed by atoms with Crippen molar-refractivity contribution in [3.05, 3.63) is 0 Å². The van der Waals surface area contributed by atoms with Crippen LogP contribution in [-0.4, -0.2) is 13.2 Å². The molecule has 0 N–H and O–H groups in total. The maximum absolute atomic E-state index is 4.81. The van der Waals surface area contributed by atoms with E-state index >= 15 is 0 Å². The van der Waals surface area contributed by atoms with Crippen LogP contribution in [0.15, 0.2) is 10.6 Å². The summed E-state index contributed by atoms with van der Waals surface area (Å²) in [5.74, 6) is 0.933. The van der Waals surface area contributed by atoms with Gasteiger partial charge >= 0.3 is 0 Å². The van der Waals surface area contributed by atoms with E-state index in [2.05, 4.69) is 10.6 Å². The number of hydrogen-bond donors (Lipinski definition) is 0. The molecule has 0 saturated heterocycles. The van der Waals surface area contributed by atoms with Gasteiger partial charge in [-0.25, -0.2) is 0 Å². The Kier molecular flexibility index (Phi) is 6.42. The largest absolute Gasteiger partial charge is 0.377 e. The van der Waals surface area contributed by atoms with Gasteiger partial charge in [0, 0.05) is 0 Å². The van der Waals surface area contributed by atoms with E-state index < -0.39 is 0 Å². The molecule has 0 aromatic heterocycles. The molecule has 0 aromatic carbocycles. The Balaban J connectivity index is 3.15. The zero-order chi connectivity index (χ0) is 9.40. The summed E-state index contributed by atoms with van der Waals surface area (Å²) in [6.45, 7) is 9.34. The van der Waals surface area contributed by atoms with Gasteiger partial charge in [-0.3, -0.25) is 0 Å². The Hall–Kier alpha value is -0.800. The normalized spacial score (nSPS) is 11.5. The molecule has 0 saturated carbocycles. The van der Waals surface area contributed by atoms with Gasteiger partial charge in [0.1, 0.15) is 13.2 Å². The van der Waals surface area contributed by atoms with Gasteiger partial charge in [-0.15, -0.1) is 0 Å². The molecule has 0 fully saturated rings. The number of rotatable bonds is 6. The zero-order valence-electron chi connectivity index (χ0n) is 8.28. The van der Waals surface area contributed by atoms with Crippen LogP contribution in [0.2, 0.25) is 0 Å². The summed E-state index contributed by atoms with van der Waals surface area (Å²) in [7, 11) is 0. The molecular formula is C8H18N2O2. The molecule has 0 unspecified atom stereocenters. The molecule has 0 atom stereocenters. The summed E-state index contributed by atoms with van der Waals surface area (Å²) in [5.41, 5.74) is 0. The minimum Gasteiger partial charge on any atom is -0.377 e. The third kappa shape index (κ3) is 9.20. The zero-order valence-corrected chi connectivity index (χ0v) is 8.28. The Bertz CT molecular complexity index is 110. The summed E-state index contributed by atoms with van der Waals surface area (Å²) in [6.07, 6.45) is 0. The highest BCUT2D eigenvalue weighted by Crippen LogP contribution is 1.95. The topological polar surface area (TPSA) is 43.2 Å². The van der Waals surface area contributed by atoms with Gasteiger partial charge in [0.15, 0.2) is 0 Å².